The van der Waals surface area contributed by atoms with E-state index in [4.69, 9.17) is 19.1 Å². The number of aliphatic hydroxyl groups excluding tert-OH is 3. The van der Waals surface area contributed by atoms with Crippen LogP contribution >= 0.6 is 7.82 Å². The Kier molecular flexibility index (Phi) is 32.1. The number of carbonyl (C=O) groups is 3. The molecule has 0 radical (unpaired) electrons. The van der Waals surface area contributed by atoms with Crippen LogP contribution in [0.1, 0.15) is 168 Å². The number of ketones is 1. The monoisotopic (exact) mass is 829 g/mol. The predicted molar refractivity (Wildman–Crippen MR) is 223 cm³/mol. The molecular formula is C44H77O12P. The third kappa shape index (κ3) is 29.6. The fourth-order valence-electron chi connectivity index (χ4n) is 6.51. The maximum atomic E-state index is 12.6. The topological polar surface area (TPSA) is 186 Å². The van der Waals surface area contributed by atoms with Crippen LogP contribution in [0, 0.1) is 11.8 Å². The minimum atomic E-state index is -4.66. The summed E-state index contributed by atoms with van der Waals surface area (Å²) in [5.41, 5.74) is 0. The number of phosphoric acid groups is 1. The summed E-state index contributed by atoms with van der Waals surface area (Å²) < 4.78 is 32.7. The molecule has 13 heteroatoms. The van der Waals surface area contributed by atoms with E-state index in [1.807, 2.05) is 24.3 Å². The molecule has 0 aliphatic heterocycles. The SMILES string of the molecule is CCCCCCCCCCCCCCCCCC(=O)O[C@H](COC(=O)CCC/C=C\C[C@H]1C=CC(=O)[C@@H]1/C=C/[C@@H](O)CCCCC)COP(=O)(O)OC[C@@H](O)CO. The molecule has 0 amide bonds. The molecule has 0 saturated heterocycles. The average molecular weight is 829 g/mol. The molecule has 6 atom stereocenters. The summed E-state index contributed by atoms with van der Waals surface area (Å²) in [5, 5.41) is 28.6. The van der Waals surface area contributed by atoms with Crippen molar-refractivity contribution in [3.63, 3.8) is 0 Å². The molecule has 0 aromatic heterocycles. The second-order valence-electron chi connectivity index (χ2n) is 15.4. The first kappa shape index (κ1) is 52.8. The van der Waals surface area contributed by atoms with Gasteiger partial charge in [-0.25, -0.2) is 4.57 Å². The highest BCUT2D eigenvalue weighted by Crippen LogP contribution is 2.43. The number of rotatable bonds is 38. The van der Waals surface area contributed by atoms with E-state index < -0.39 is 57.9 Å². The van der Waals surface area contributed by atoms with Gasteiger partial charge in [-0.15, -0.1) is 0 Å². The molecule has 57 heavy (non-hydrogen) atoms. The molecule has 0 spiro atoms. The lowest BCUT2D eigenvalue weighted by Gasteiger charge is -2.20. The number of allylic oxidation sites excluding steroid dienone is 5. The summed E-state index contributed by atoms with van der Waals surface area (Å²) in [5.74, 6) is -1.32. The number of unbranched alkanes of at least 4 members (excludes halogenated alkanes) is 17. The van der Waals surface area contributed by atoms with Gasteiger partial charge in [0.2, 0.25) is 0 Å². The van der Waals surface area contributed by atoms with Gasteiger partial charge in [-0.3, -0.25) is 23.4 Å². The zero-order chi connectivity index (χ0) is 42.0. The van der Waals surface area contributed by atoms with Gasteiger partial charge in [0.1, 0.15) is 12.7 Å². The van der Waals surface area contributed by atoms with Crippen molar-refractivity contribution in [1.29, 1.82) is 0 Å². The minimum absolute atomic E-state index is 0.0123. The van der Waals surface area contributed by atoms with Crippen molar-refractivity contribution in [1.82, 2.24) is 0 Å². The Morgan fingerprint density at radius 3 is 1.93 bits per heavy atom. The molecule has 0 heterocycles. The van der Waals surface area contributed by atoms with Crippen molar-refractivity contribution in [3.8, 4) is 0 Å². The molecule has 4 N–H and O–H groups in total. The molecule has 0 aromatic rings. The summed E-state index contributed by atoms with van der Waals surface area (Å²) in [6, 6.07) is 0. The van der Waals surface area contributed by atoms with Crippen molar-refractivity contribution >= 4 is 25.5 Å². The number of carbonyl (C=O) groups excluding carboxylic acids is 3. The van der Waals surface area contributed by atoms with Crippen LogP contribution in [0.2, 0.25) is 0 Å². The molecule has 12 nitrogen and oxygen atoms in total. The quantitative estimate of drug-likeness (QED) is 0.0200. The molecule has 0 saturated carbocycles. The largest absolute Gasteiger partial charge is 0.472 e. The van der Waals surface area contributed by atoms with Crippen LogP contribution in [0.5, 0.6) is 0 Å². The fourth-order valence-corrected chi connectivity index (χ4v) is 7.30. The van der Waals surface area contributed by atoms with Gasteiger partial charge in [0.25, 0.3) is 0 Å². The first-order valence-corrected chi connectivity index (χ1v) is 23.5. The lowest BCUT2D eigenvalue weighted by Crippen LogP contribution is -2.29. The van der Waals surface area contributed by atoms with Crippen LogP contribution in [0.3, 0.4) is 0 Å². The van der Waals surface area contributed by atoms with Crippen LogP contribution in [0.15, 0.2) is 36.5 Å². The zero-order valence-corrected chi connectivity index (χ0v) is 36.0. The standard InChI is InChI=1S/C44H77O12P/c1-3-5-7-8-9-10-11-12-13-14-15-16-17-18-24-28-44(50)56-40(36-55-57(51,52)54-34-39(47)33-45)35-53-43(49)27-23-20-19-22-25-37-29-32-42(48)41(37)31-30-38(46)26-21-6-4-2/h19,22,29-32,37-41,45-47H,3-18,20-21,23-28,33-36H2,1-2H3,(H,51,52)/b22-19-,31-30+/t37-,38-,39-,40+,41+/m0/s1. The van der Waals surface area contributed by atoms with Gasteiger partial charge in [-0.1, -0.05) is 153 Å². The van der Waals surface area contributed by atoms with Crippen LogP contribution < -0.4 is 0 Å². The van der Waals surface area contributed by atoms with E-state index in [2.05, 4.69) is 18.4 Å². The Bertz CT molecular complexity index is 1190. The summed E-state index contributed by atoms with van der Waals surface area (Å²) in [4.78, 5) is 47.5. The number of ether oxygens (including phenoxy) is 2. The highest BCUT2D eigenvalue weighted by Gasteiger charge is 2.28. The van der Waals surface area contributed by atoms with Gasteiger partial charge in [-0.2, -0.15) is 0 Å². The Morgan fingerprint density at radius 1 is 0.754 bits per heavy atom. The smallest absolute Gasteiger partial charge is 0.462 e. The molecule has 0 fully saturated rings. The van der Waals surface area contributed by atoms with E-state index in [1.54, 1.807) is 12.2 Å². The highest BCUT2D eigenvalue weighted by atomic mass is 31.2. The van der Waals surface area contributed by atoms with E-state index in [0.717, 1.165) is 38.5 Å². The summed E-state index contributed by atoms with van der Waals surface area (Å²) in [6.45, 7) is 2.06. The lowest BCUT2D eigenvalue weighted by molar-refractivity contribution is -0.161. The van der Waals surface area contributed by atoms with Crippen LogP contribution in [-0.4, -0.2) is 82.7 Å². The second kappa shape index (κ2) is 34.7. The summed E-state index contributed by atoms with van der Waals surface area (Å²) >= 11 is 0. The van der Waals surface area contributed by atoms with Crippen LogP contribution in [0.25, 0.3) is 0 Å². The molecule has 1 unspecified atom stereocenters. The Balaban J connectivity index is 2.42. The lowest BCUT2D eigenvalue weighted by atomic mass is 9.90. The Morgan fingerprint density at radius 2 is 1.32 bits per heavy atom. The molecule has 1 aliphatic carbocycles. The third-order valence-electron chi connectivity index (χ3n) is 10.0. The first-order chi connectivity index (χ1) is 27.5. The summed E-state index contributed by atoms with van der Waals surface area (Å²) in [7, 11) is -4.66. The number of aliphatic hydroxyl groups is 3. The Labute approximate surface area is 343 Å². The van der Waals surface area contributed by atoms with Gasteiger partial charge < -0.3 is 29.7 Å². The van der Waals surface area contributed by atoms with Gasteiger partial charge in [0, 0.05) is 18.8 Å². The molecule has 1 aliphatic rings. The number of esters is 2. The van der Waals surface area contributed by atoms with Crippen LogP contribution in [-0.2, 0) is 37.5 Å². The van der Waals surface area contributed by atoms with Crippen molar-refractivity contribution in [3.05, 3.63) is 36.5 Å². The van der Waals surface area contributed by atoms with Gasteiger partial charge in [-0.05, 0) is 44.1 Å². The predicted octanol–water partition coefficient (Wildman–Crippen LogP) is 9.17. The minimum Gasteiger partial charge on any atom is -0.462 e. The average Bonchev–Trinajstić information content (AvgIpc) is 3.55. The maximum absolute atomic E-state index is 12.6. The molecule has 330 valence electrons. The number of hydrogen-bond donors (Lipinski definition) is 4. The fraction of sp³-hybridized carbons (Fsp3) is 0.795. The number of hydrogen-bond acceptors (Lipinski definition) is 11. The van der Waals surface area contributed by atoms with Gasteiger partial charge in [0.05, 0.1) is 25.9 Å². The molecular weight excluding hydrogens is 751 g/mol. The Hall–Kier alpha value is -2.18. The van der Waals surface area contributed by atoms with E-state index >= 15 is 0 Å². The first-order valence-electron chi connectivity index (χ1n) is 22.0. The second-order valence-corrected chi connectivity index (χ2v) is 16.8. The normalized spacial score (nSPS) is 18.3. The zero-order valence-electron chi connectivity index (χ0n) is 35.2. The summed E-state index contributed by atoms with van der Waals surface area (Å²) in [6.07, 6.45) is 31.6. The van der Waals surface area contributed by atoms with Gasteiger partial charge in [0.15, 0.2) is 11.9 Å². The van der Waals surface area contributed by atoms with Gasteiger partial charge >= 0.3 is 19.8 Å². The molecule has 1 rings (SSSR count). The maximum Gasteiger partial charge on any atom is 0.472 e. The van der Waals surface area contributed by atoms with Crippen LogP contribution in [0.4, 0.5) is 0 Å². The third-order valence-corrected chi connectivity index (χ3v) is 11.0. The number of phosphoric ester groups is 1. The molecule has 0 aromatic carbocycles. The van der Waals surface area contributed by atoms with E-state index in [1.165, 1.54) is 70.6 Å². The van der Waals surface area contributed by atoms with E-state index in [9.17, 15) is 34.1 Å². The highest BCUT2D eigenvalue weighted by molar-refractivity contribution is 7.47. The van der Waals surface area contributed by atoms with Crippen molar-refractivity contribution in [2.45, 2.75) is 186 Å². The van der Waals surface area contributed by atoms with E-state index in [0.29, 0.717) is 32.1 Å². The van der Waals surface area contributed by atoms with Crippen molar-refractivity contribution in [2.24, 2.45) is 11.8 Å². The van der Waals surface area contributed by atoms with Crippen molar-refractivity contribution in [2.75, 3.05) is 26.4 Å². The van der Waals surface area contributed by atoms with E-state index in [-0.39, 0.29) is 37.1 Å². The molecule has 0 bridgehead atoms. The van der Waals surface area contributed by atoms with Crippen molar-refractivity contribution < 1.29 is 57.7 Å².